The zero-order chi connectivity index (χ0) is 12.3. The van der Waals surface area contributed by atoms with Gasteiger partial charge in [0.1, 0.15) is 12.1 Å². The van der Waals surface area contributed by atoms with Gasteiger partial charge < -0.3 is 10.4 Å². The molecule has 0 aromatic carbocycles. The minimum atomic E-state index is -0.196. The van der Waals surface area contributed by atoms with Crippen molar-refractivity contribution in [2.75, 3.05) is 11.9 Å². The lowest BCUT2D eigenvalue weighted by Crippen LogP contribution is -2.46. The number of aliphatic hydroxyl groups excluding tert-OH is 1. The zero-order valence-electron chi connectivity index (χ0n) is 10.6. The van der Waals surface area contributed by atoms with Crippen molar-refractivity contribution < 1.29 is 5.11 Å². The molecule has 1 aliphatic carbocycles. The molecule has 4 heteroatoms. The van der Waals surface area contributed by atoms with Crippen LogP contribution in [0.4, 0.5) is 5.82 Å². The van der Waals surface area contributed by atoms with E-state index in [1.807, 2.05) is 13.0 Å². The Balaban J connectivity index is 2.13. The van der Waals surface area contributed by atoms with Gasteiger partial charge >= 0.3 is 0 Å². The van der Waals surface area contributed by atoms with Gasteiger partial charge in [-0.1, -0.05) is 19.8 Å². The van der Waals surface area contributed by atoms with E-state index in [0.717, 1.165) is 24.4 Å². The van der Waals surface area contributed by atoms with Gasteiger partial charge in [-0.25, -0.2) is 9.97 Å². The molecule has 0 bridgehead atoms. The molecule has 1 aromatic rings. The van der Waals surface area contributed by atoms with E-state index in [0.29, 0.717) is 5.92 Å². The van der Waals surface area contributed by atoms with Gasteiger partial charge in [0, 0.05) is 11.8 Å². The number of aliphatic hydroxyl groups is 1. The molecule has 2 unspecified atom stereocenters. The molecule has 0 amide bonds. The largest absolute Gasteiger partial charge is 0.394 e. The molecule has 0 saturated heterocycles. The maximum Gasteiger partial charge on any atom is 0.130 e. The molecule has 1 heterocycles. The predicted molar refractivity (Wildman–Crippen MR) is 67.8 cm³/mol. The third-order valence-corrected chi connectivity index (χ3v) is 3.59. The molecular weight excluding hydrogens is 214 g/mol. The number of hydrogen-bond acceptors (Lipinski definition) is 4. The second-order valence-electron chi connectivity index (χ2n) is 5.31. The Morgan fingerprint density at radius 3 is 3.00 bits per heavy atom. The summed E-state index contributed by atoms with van der Waals surface area (Å²) in [6, 6.07) is 1.93. The van der Waals surface area contributed by atoms with Gasteiger partial charge in [0.15, 0.2) is 0 Å². The minimum Gasteiger partial charge on any atom is -0.394 e. The number of nitrogens with one attached hydrogen (secondary N) is 1. The molecule has 0 radical (unpaired) electrons. The first kappa shape index (κ1) is 12.3. The van der Waals surface area contributed by atoms with Gasteiger partial charge in [0.05, 0.1) is 12.1 Å². The van der Waals surface area contributed by atoms with Crippen LogP contribution in [0.5, 0.6) is 0 Å². The van der Waals surface area contributed by atoms with Crippen molar-refractivity contribution in [2.24, 2.45) is 5.92 Å². The summed E-state index contributed by atoms with van der Waals surface area (Å²) < 4.78 is 0. The van der Waals surface area contributed by atoms with E-state index >= 15 is 0 Å². The number of rotatable bonds is 3. The Morgan fingerprint density at radius 1 is 1.53 bits per heavy atom. The summed E-state index contributed by atoms with van der Waals surface area (Å²) in [5.41, 5.74) is 0.748. The quantitative estimate of drug-likeness (QED) is 0.842. The molecule has 1 aromatic heterocycles. The number of nitrogens with zero attached hydrogens (tertiary/aromatic N) is 2. The van der Waals surface area contributed by atoms with Crippen LogP contribution in [-0.4, -0.2) is 27.2 Å². The number of aromatic nitrogens is 2. The first-order valence-electron chi connectivity index (χ1n) is 6.31. The van der Waals surface area contributed by atoms with Crippen molar-refractivity contribution >= 4 is 5.82 Å². The highest BCUT2D eigenvalue weighted by Gasteiger charge is 2.34. The molecule has 1 fully saturated rings. The average Bonchev–Trinajstić information content (AvgIpc) is 2.29. The van der Waals surface area contributed by atoms with Gasteiger partial charge in [-0.05, 0) is 25.7 Å². The number of anilines is 1. The van der Waals surface area contributed by atoms with Crippen LogP contribution in [0.1, 0.15) is 38.3 Å². The monoisotopic (exact) mass is 235 g/mol. The van der Waals surface area contributed by atoms with Crippen molar-refractivity contribution in [3.05, 3.63) is 18.1 Å². The molecule has 1 aliphatic rings. The van der Waals surface area contributed by atoms with Crippen LogP contribution in [0, 0.1) is 12.8 Å². The van der Waals surface area contributed by atoms with Crippen molar-refractivity contribution in [1.82, 2.24) is 9.97 Å². The summed E-state index contributed by atoms with van der Waals surface area (Å²) in [7, 11) is 0. The van der Waals surface area contributed by atoms with Crippen molar-refractivity contribution in [2.45, 2.75) is 45.1 Å². The van der Waals surface area contributed by atoms with E-state index in [2.05, 4.69) is 22.2 Å². The van der Waals surface area contributed by atoms with Gasteiger partial charge in [0.2, 0.25) is 0 Å². The lowest BCUT2D eigenvalue weighted by Gasteiger charge is -2.39. The van der Waals surface area contributed by atoms with Crippen molar-refractivity contribution in [3.8, 4) is 0 Å². The third kappa shape index (κ3) is 2.94. The Kier molecular flexibility index (Phi) is 3.62. The van der Waals surface area contributed by atoms with Crippen LogP contribution in [-0.2, 0) is 0 Å². The lowest BCUT2D eigenvalue weighted by atomic mass is 9.77. The van der Waals surface area contributed by atoms with E-state index in [4.69, 9.17) is 0 Å². The second-order valence-corrected chi connectivity index (χ2v) is 5.31. The third-order valence-electron chi connectivity index (χ3n) is 3.59. The van der Waals surface area contributed by atoms with Crippen LogP contribution in [0.15, 0.2) is 12.4 Å². The second kappa shape index (κ2) is 5.00. The summed E-state index contributed by atoms with van der Waals surface area (Å²) in [6.07, 6.45) is 6.00. The van der Waals surface area contributed by atoms with Gasteiger partial charge in [-0.2, -0.15) is 0 Å². The highest BCUT2D eigenvalue weighted by molar-refractivity contribution is 5.38. The first-order chi connectivity index (χ1) is 8.13. The smallest absolute Gasteiger partial charge is 0.130 e. The Morgan fingerprint density at radius 2 is 2.35 bits per heavy atom. The van der Waals surface area contributed by atoms with Crippen LogP contribution in [0.2, 0.25) is 0 Å². The van der Waals surface area contributed by atoms with Crippen LogP contribution < -0.4 is 5.32 Å². The van der Waals surface area contributed by atoms with E-state index in [9.17, 15) is 5.11 Å². The molecule has 0 aliphatic heterocycles. The molecule has 0 spiro atoms. The summed E-state index contributed by atoms with van der Waals surface area (Å²) in [5, 5.41) is 13.1. The number of hydrogen-bond donors (Lipinski definition) is 2. The van der Waals surface area contributed by atoms with Gasteiger partial charge in [-0.3, -0.25) is 0 Å². The fourth-order valence-electron chi connectivity index (χ4n) is 2.75. The SMILES string of the molecule is Cc1cc(NC2(CO)CCCC(C)C2)ncn1. The van der Waals surface area contributed by atoms with Crippen molar-refractivity contribution in [1.29, 1.82) is 0 Å². The van der Waals surface area contributed by atoms with Gasteiger partial charge in [0.25, 0.3) is 0 Å². The fourth-order valence-corrected chi connectivity index (χ4v) is 2.75. The molecule has 2 N–H and O–H groups in total. The highest BCUT2D eigenvalue weighted by Crippen LogP contribution is 2.34. The van der Waals surface area contributed by atoms with E-state index < -0.39 is 0 Å². The number of aryl methyl sites for hydroxylation is 1. The average molecular weight is 235 g/mol. The Hall–Kier alpha value is -1.16. The molecule has 2 rings (SSSR count). The van der Waals surface area contributed by atoms with Crippen LogP contribution >= 0.6 is 0 Å². The normalized spacial score (nSPS) is 29.0. The van der Waals surface area contributed by atoms with Crippen LogP contribution in [0.3, 0.4) is 0 Å². The van der Waals surface area contributed by atoms with Crippen LogP contribution in [0.25, 0.3) is 0 Å². The topological polar surface area (TPSA) is 58.0 Å². The zero-order valence-corrected chi connectivity index (χ0v) is 10.6. The fraction of sp³-hybridized carbons (Fsp3) is 0.692. The predicted octanol–water partition coefficient (Wildman–Crippen LogP) is 2.14. The maximum absolute atomic E-state index is 9.68. The molecule has 17 heavy (non-hydrogen) atoms. The van der Waals surface area contributed by atoms with E-state index in [1.54, 1.807) is 6.33 Å². The van der Waals surface area contributed by atoms with E-state index in [-0.39, 0.29) is 12.1 Å². The molecular formula is C13H21N3O. The molecule has 94 valence electrons. The minimum absolute atomic E-state index is 0.167. The summed E-state index contributed by atoms with van der Waals surface area (Å²) >= 11 is 0. The maximum atomic E-state index is 9.68. The molecule has 4 nitrogen and oxygen atoms in total. The highest BCUT2D eigenvalue weighted by atomic mass is 16.3. The first-order valence-corrected chi connectivity index (χ1v) is 6.31. The Labute approximate surface area is 102 Å². The molecule has 2 atom stereocenters. The Bertz CT molecular complexity index is 383. The summed E-state index contributed by atoms with van der Waals surface area (Å²) in [4.78, 5) is 8.30. The molecule has 1 saturated carbocycles. The lowest BCUT2D eigenvalue weighted by molar-refractivity contribution is 0.149. The summed E-state index contributed by atoms with van der Waals surface area (Å²) in [6.45, 7) is 4.36. The van der Waals surface area contributed by atoms with Crippen molar-refractivity contribution in [3.63, 3.8) is 0 Å². The standard InChI is InChI=1S/C13H21N3O/c1-10-4-3-5-13(7-10,8-17)16-12-6-11(2)14-9-15-12/h6,9-10,17H,3-5,7-8H2,1-2H3,(H,14,15,16). The van der Waals surface area contributed by atoms with Gasteiger partial charge in [-0.15, -0.1) is 0 Å². The summed E-state index contributed by atoms with van der Waals surface area (Å²) in [5.74, 6) is 1.48. The van der Waals surface area contributed by atoms with E-state index in [1.165, 1.54) is 12.8 Å².